The van der Waals surface area contributed by atoms with Crippen LogP contribution in [0.1, 0.15) is 6.42 Å². The maximum Gasteiger partial charge on any atom is 0.188 e. The summed E-state index contributed by atoms with van der Waals surface area (Å²) >= 11 is 0. The van der Waals surface area contributed by atoms with E-state index in [-0.39, 0.29) is 24.0 Å². The Morgan fingerprint density at radius 1 is 1.75 bits per heavy atom. The lowest BCUT2D eigenvalue weighted by atomic mass is 10.0. The minimum absolute atomic E-state index is 0. The second-order valence-electron chi connectivity index (χ2n) is 4.08. The van der Waals surface area contributed by atoms with E-state index in [0.717, 1.165) is 13.0 Å². The fourth-order valence-corrected chi connectivity index (χ4v) is 1.65. The Hall–Kier alpha value is -0.340. The molecule has 1 rings (SSSR count). The van der Waals surface area contributed by atoms with Gasteiger partial charge in [-0.3, -0.25) is 4.99 Å². The van der Waals surface area contributed by atoms with E-state index in [2.05, 4.69) is 21.8 Å². The number of hydrogen-bond donors (Lipinski definition) is 3. The number of rotatable bonds is 4. The summed E-state index contributed by atoms with van der Waals surface area (Å²) in [7, 11) is 1.99. The molecule has 1 heterocycles. The molecule has 5 nitrogen and oxygen atoms in total. The van der Waals surface area contributed by atoms with Crippen molar-refractivity contribution in [3.8, 4) is 0 Å². The third kappa shape index (κ3) is 5.13. The van der Waals surface area contributed by atoms with Crippen LogP contribution in [0.4, 0.5) is 0 Å². The Morgan fingerprint density at radius 3 is 2.94 bits per heavy atom. The van der Waals surface area contributed by atoms with E-state index in [1.807, 2.05) is 7.05 Å². The van der Waals surface area contributed by atoms with Crippen LogP contribution in [0.3, 0.4) is 0 Å². The van der Waals surface area contributed by atoms with Gasteiger partial charge in [-0.1, -0.05) is 6.08 Å². The summed E-state index contributed by atoms with van der Waals surface area (Å²) in [5, 5.41) is 13.0. The standard InChI is InChI=1S/C10H20N4O.HI/c1-3-5-12-9(11)13-7-10(15)4-6-14(2)8-10;/h3,15H,1,4-8H2,2H3,(H3,11,12,13);1H. The normalized spacial score (nSPS) is 26.2. The monoisotopic (exact) mass is 340 g/mol. The largest absolute Gasteiger partial charge is 0.387 e. The van der Waals surface area contributed by atoms with Gasteiger partial charge < -0.3 is 21.1 Å². The zero-order valence-corrected chi connectivity index (χ0v) is 12.0. The van der Waals surface area contributed by atoms with Gasteiger partial charge in [0.05, 0.1) is 12.1 Å². The zero-order valence-electron chi connectivity index (χ0n) is 9.65. The Balaban J connectivity index is 0.00000225. The molecule has 94 valence electrons. The summed E-state index contributed by atoms with van der Waals surface area (Å²) < 4.78 is 0. The number of aliphatic hydroxyl groups is 1. The van der Waals surface area contributed by atoms with Crippen molar-refractivity contribution in [2.24, 2.45) is 10.7 Å². The van der Waals surface area contributed by atoms with Gasteiger partial charge in [0, 0.05) is 19.6 Å². The molecule has 0 saturated carbocycles. The van der Waals surface area contributed by atoms with Gasteiger partial charge in [0.2, 0.25) is 0 Å². The molecule has 0 aromatic rings. The summed E-state index contributed by atoms with van der Waals surface area (Å²) in [4.78, 5) is 6.19. The minimum atomic E-state index is -0.713. The van der Waals surface area contributed by atoms with Crippen molar-refractivity contribution >= 4 is 29.9 Å². The molecule has 1 atom stereocenters. The first kappa shape index (κ1) is 15.7. The van der Waals surface area contributed by atoms with Gasteiger partial charge in [-0.05, 0) is 13.5 Å². The molecule has 4 N–H and O–H groups in total. The highest BCUT2D eigenvalue weighted by atomic mass is 127. The molecule has 0 radical (unpaired) electrons. The summed E-state index contributed by atoms with van der Waals surface area (Å²) in [6.07, 6.45) is 2.46. The summed E-state index contributed by atoms with van der Waals surface area (Å²) in [5.74, 6) is 0.359. The van der Waals surface area contributed by atoms with Gasteiger partial charge >= 0.3 is 0 Å². The van der Waals surface area contributed by atoms with Gasteiger partial charge in [0.15, 0.2) is 5.96 Å². The van der Waals surface area contributed by atoms with Gasteiger partial charge in [-0.15, -0.1) is 30.6 Å². The number of guanidine groups is 1. The topological polar surface area (TPSA) is 73.9 Å². The highest BCUT2D eigenvalue weighted by Gasteiger charge is 2.33. The lowest BCUT2D eigenvalue weighted by molar-refractivity contribution is 0.0614. The molecule has 1 aliphatic rings. The molecular weight excluding hydrogens is 319 g/mol. The molecule has 0 aromatic heterocycles. The Bertz CT molecular complexity index is 259. The van der Waals surface area contributed by atoms with Crippen molar-refractivity contribution in [2.75, 3.05) is 33.2 Å². The van der Waals surface area contributed by atoms with E-state index >= 15 is 0 Å². The minimum Gasteiger partial charge on any atom is -0.387 e. The van der Waals surface area contributed by atoms with E-state index in [1.54, 1.807) is 6.08 Å². The lowest BCUT2D eigenvalue weighted by Crippen LogP contribution is -2.38. The third-order valence-corrected chi connectivity index (χ3v) is 2.49. The van der Waals surface area contributed by atoms with Gasteiger partial charge in [-0.25, -0.2) is 0 Å². The van der Waals surface area contributed by atoms with Gasteiger partial charge in [0.25, 0.3) is 0 Å². The van der Waals surface area contributed by atoms with Gasteiger partial charge in [0.1, 0.15) is 0 Å². The predicted octanol–water partition coefficient (Wildman–Crippen LogP) is -0.239. The smallest absolute Gasteiger partial charge is 0.188 e. The van der Waals surface area contributed by atoms with Crippen molar-refractivity contribution in [2.45, 2.75) is 12.0 Å². The van der Waals surface area contributed by atoms with Crippen LogP contribution >= 0.6 is 24.0 Å². The molecule has 0 aliphatic carbocycles. The van der Waals surface area contributed by atoms with E-state index < -0.39 is 5.60 Å². The maximum atomic E-state index is 10.1. The average molecular weight is 340 g/mol. The van der Waals surface area contributed by atoms with Crippen LogP contribution in [0.15, 0.2) is 17.6 Å². The number of nitrogens with two attached hydrogens (primary N) is 1. The van der Waals surface area contributed by atoms with Crippen molar-refractivity contribution in [3.05, 3.63) is 12.7 Å². The molecule has 1 aliphatic heterocycles. The zero-order chi connectivity index (χ0) is 11.3. The summed E-state index contributed by atoms with van der Waals surface area (Å²) in [6.45, 7) is 6.08. The van der Waals surface area contributed by atoms with Crippen LogP contribution < -0.4 is 11.1 Å². The summed E-state index contributed by atoms with van der Waals surface area (Å²) in [6, 6.07) is 0. The van der Waals surface area contributed by atoms with Crippen LogP contribution in [-0.4, -0.2) is 54.8 Å². The molecule has 16 heavy (non-hydrogen) atoms. The van der Waals surface area contributed by atoms with Crippen molar-refractivity contribution in [1.82, 2.24) is 10.2 Å². The van der Waals surface area contributed by atoms with E-state index in [0.29, 0.717) is 25.6 Å². The van der Waals surface area contributed by atoms with E-state index in [9.17, 15) is 5.11 Å². The highest BCUT2D eigenvalue weighted by molar-refractivity contribution is 14.0. The molecule has 0 spiro atoms. The van der Waals surface area contributed by atoms with Gasteiger partial charge in [-0.2, -0.15) is 0 Å². The number of hydrogen-bond acceptors (Lipinski definition) is 3. The number of nitrogens with one attached hydrogen (secondary N) is 1. The van der Waals surface area contributed by atoms with Crippen LogP contribution in [0, 0.1) is 0 Å². The van der Waals surface area contributed by atoms with Crippen molar-refractivity contribution in [3.63, 3.8) is 0 Å². The van der Waals surface area contributed by atoms with Crippen molar-refractivity contribution in [1.29, 1.82) is 0 Å². The Labute approximate surface area is 114 Å². The third-order valence-electron chi connectivity index (χ3n) is 2.49. The first-order chi connectivity index (χ1) is 7.06. The first-order valence-corrected chi connectivity index (χ1v) is 5.11. The summed E-state index contributed by atoms with van der Waals surface area (Å²) in [5.41, 5.74) is 4.88. The van der Waals surface area contributed by atoms with E-state index in [4.69, 9.17) is 5.73 Å². The Kier molecular flexibility index (Phi) is 6.93. The number of β-amino-alcohol motifs (C(OH)–C–C–N with tert-alkyl or cyclic N) is 1. The molecule has 0 amide bonds. The highest BCUT2D eigenvalue weighted by Crippen LogP contribution is 2.19. The van der Waals surface area contributed by atoms with Crippen molar-refractivity contribution < 1.29 is 5.11 Å². The molecule has 1 fully saturated rings. The quantitative estimate of drug-likeness (QED) is 0.286. The lowest BCUT2D eigenvalue weighted by Gasteiger charge is -2.19. The molecule has 0 bridgehead atoms. The Morgan fingerprint density at radius 2 is 2.44 bits per heavy atom. The molecule has 1 saturated heterocycles. The van der Waals surface area contributed by atoms with Crippen LogP contribution in [0.2, 0.25) is 0 Å². The van der Waals surface area contributed by atoms with E-state index in [1.165, 1.54) is 0 Å². The number of likely N-dealkylation sites (tertiary alicyclic amines) is 1. The average Bonchev–Trinajstić information content (AvgIpc) is 2.53. The molecular formula is C10H21IN4O. The molecule has 1 unspecified atom stereocenters. The first-order valence-electron chi connectivity index (χ1n) is 5.11. The number of aliphatic imine (C=N–C) groups is 1. The fraction of sp³-hybridized carbons (Fsp3) is 0.700. The van der Waals surface area contributed by atoms with Crippen LogP contribution in [0.5, 0.6) is 0 Å². The fourth-order valence-electron chi connectivity index (χ4n) is 1.65. The maximum absolute atomic E-state index is 10.1. The number of likely N-dealkylation sites (N-methyl/N-ethyl adjacent to an activating group) is 1. The van der Waals surface area contributed by atoms with Crippen LogP contribution in [-0.2, 0) is 0 Å². The molecule has 6 heteroatoms. The second kappa shape index (κ2) is 7.08. The number of halogens is 1. The number of nitrogens with zero attached hydrogens (tertiary/aromatic N) is 2. The predicted molar refractivity (Wildman–Crippen MR) is 77.2 cm³/mol. The van der Waals surface area contributed by atoms with Crippen LogP contribution in [0.25, 0.3) is 0 Å². The SMILES string of the molecule is C=CCNC(N)=NCC1(O)CCN(C)C1.I. The second-order valence-corrected chi connectivity index (χ2v) is 4.08. The molecule has 0 aromatic carbocycles.